The summed E-state index contributed by atoms with van der Waals surface area (Å²) in [5.74, 6) is 4.28. The van der Waals surface area contributed by atoms with Crippen LogP contribution in [-0.4, -0.2) is 16.5 Å². The molecule has 0 spiro atoms. The summed E-state index contributed by atoms with van der Waals surface area (Å²) >= 11 is 0. The number of carbonyl (C=O) groups is 1. The normalized spacial score (nSPS) is 11.5. The average molecular weight is 425 g/mol. The number of benzene rings is 3. The number of carboxylic acids is 1. The van der Waals surface area contributed by atoms with Gasteiger partial charge in [-0.05, 0) is 47.4 Å². The Morgan fingerprint density at radius 3 is 2.37 bits per heavy atom. The van der Waals surface area contributed by atoms with Gasteiger partial charge < -0.3 is 5.11 Å². The van der Waals surface area contributed by atoms with E-state index in [1.54, 1.807) is 42.5 Å². The van der Waals surface area contributed by atoms with Gasteiger partial charge in [-0.15, -0.1) is 0 Å². The Morgan fingerprint density at radius 2 is 1.70 bits per heavy atom. The average Bonchev–Trinajstić information content (AvgIpc) is 2.72. The topological polar surface area (TPSA) is 49.7 Å². The lowest BCUT2D eigenvalue weighted by Gasteiger charge is -2.13. The van der Waals surface area contributed by atoms with Crippen LogP contribution in [0.1, 0.15) is 21.5 Å². The molecule has 3 nitrogen and oxygen atoms in total. The number of rotatable bonds is 3. The molecule has 0 heterocycles. The molecule has 3 rings (SSSR count). The van der Waals surface area contributed by atoms with Crippen molar-refractivity contribution in [2.45, 2.75) is 6.18 Å². The van der Waals surface area contributed by atoms with Crippen LogP contribution < -0.4 is 0 Å². The molecule has 7 heteroatoms. The molecule has 0 aliphatic carbocycles. The minimum atomic E-state index is -4.53. The van der Waals surface area contributed by atoms with E-state index in [9.17, 15) is 18.0 Å². The van der Waals surface area contributed by atoms with Gasteiger partial charge >= 0.3 is 12.1 Å². The molecule has 0 saturated carbocycles. The lowest BCUT2D eigenvalue weighted by molar-refractivity contribution is -0.137. The molecule has 0 amide bonds. The Balaban J connectivity index is 1.94. The second-order valence-electron chi connectivity index (χ2n) is 6.23. The Bertz CT molecular complexity index is 1180. The van der Waals surface area contributed by atoms with Crippen molar-refractivity contribution in [3.63, 3.8) is 0 Å². The van der Waals surface area contributed by atoms with Crippen LogP contribution in [0.5, 0.6) is 0 Å². The number of hydrogen-bond donors (Lipinski definition) is 1. The Hall–Kier alpha value is -3.42. The Labute approximate surface area is 173 Å². The molecule has 0 fully saturated rings. The lowest BCUT2D eigenvalue weighted by atomic mass is 9.97. The summed E-state index contributed by atoms with van der Waals surface area (Å²) < 4.78 is 40.7. The summed E-state index contributed by atoms with van der Waals surface area (Å²) in [6.07, 6.45) is -4.53. The molecule has 0 aliphatic rings. The fourth-order valence-corrected chi connectivity index (χ4v) is 2.96. The van der Waals surface area contributed by atoms with Gasteiger partial charge in [0.1, 0.15) is 5.45 Å². The third-order valence-electron chi connectivity index (χ3n) is 4.09. The van der Waals surface area contributed by atoms with Crippen LogP contribution in [0, 0.1) is 11.8 Å². The molecule has 150 valence electrons. The number of halogens is 3. The van der Waals surface area contributed by atoms with E-state index < -0.39 is 17.7 Å². The van der Waals surface area contributed by atoms with Gasteiger partial charge in [-0.25, -0.2) is 9.79 Å². The van der Waals surface area contributed by atoms with Crippen molar-refractivity contribution < 1.29 is 23.1 Å². The van der Waals surface area contributed by atoms with Gasteiger partial charge in [0.25, 0.3) is 0 Å². The van der Waals surface area contributed by atoms with Crippen LogP contribution in [0.2, 0.25) is 0 Å². The molecule has 0 bridgehead atoms. The first kappa shape index (κ1) is 21.3. The minimum Gasteiger partial charge on any atom is -0.478 e. The maximum atomic E-state index is 13.6. The highest BCUT2D eigenvalue weighted by Crippen LogP contribution is 2.37. The molecule has 3 aromatic rings. The first-order valence-electron chi connectivity index (χ1n) is 8.70. The summed E-state index contributed by atoms with van der Waals surface area (Å²) in [5.41, 5.74) is 0.694. The summed E-state index contributed by atoms with van der Waals surface area (Å²) in [5, 5.41) is 9.02. The molecule has 30 heavy (non-hydrogen) atoms. The van der Waals surface area contributed by atoms with Crippen LogP contribution in [-0.2, 0) is 6.18 Å². The second kappa shape index (κ2) is 8.94. The van der Waals surface area contributed by atoms with Crippen LogP contribution >= 0.6 is 9.24 Å². The van der Waals surface area contributed by atoms with Crippen molar-refractivity contribution in [1.82, 2.24) is 0 Å². The van der Waals surface area contributed by atoms with Crippen molar-refractivity contribution in [2.75, 3.05) is 0 Å². The van der Waals surface area contributed by atoms with E-state index in [0.29, 0.717) is 11.3 Å². The molecule has 0 aromatic heterocycles. The van der Waals surface area contributed by atoms with E-state index in [0.717, 1.165) is 6.07 Å². The van der Waals surface area contributed by atoms with Gasteiger partial charge in [0.05, 0.1) is 16.8 Å². The largest absolute Gasteiger partial charge is 0.478 e. The van der Waals surface area contributed by atoms with E-state index in [1.165, 1.54) is 24.3 Å². The van der Waals surface area contributed by atoms with Gasteiger partial charge in [-0.2, -0.15) is 13.2 Å². The Morgan fingerprint density at radius 1 is 0.967 bits per heavy atom. The van der Waals surface area contributed by atoms with E-state index in [-0.39, 0.29) is 22.1 Å². The molecule has 0 aliphatic heterocycles. The second-order valence-corrected chi connectivity index (χ2v) is 6.77. The highest BCUT2D eigenvalue weighted by Gasteiger charge is 2.33. The van der Waals surface area contributed by atoms with Crippen molar-refractivity contribution in [1.29, 1.82) is 0 Å². The van der Waals surface area contributed by atoms with Gasteiger partial charge in [0, 0.05) is 5.56 Å². The SMILES string of the molecule is O=C(O)c1cccc(N=C(P)C#Cc2ccc(-c3ccccc3)c(C(F)(F)F)c2)c1. The van der Waals surface area contributed by atoms with E-state index in [2.05, 4.69) is 26.1 Å². The van der Waals surface area contributed by atoms with Crippen LogP contribution in [0.15, 0.2) is 77.8 Å². The zero-order valence-electron chi connectivity index (χ0n) is 15.4. The molecule has 1 atom stereocenters. The predicted molar refractivity (Wildman–Crippen MR) is 114 cm³/mol. The molecule has 0 radical (unpaired) electrons. The summed E-state index contributed by atoms with van der Waals surface area (Å²) in [4.78, 5) is 15.2. The van der Waals surface area contributed by atoms with E-state index in [4.69, 9.17) is 5.11 Å². The maximum absolute atomic E-state index is 13.6. The first-order valence-corrected chi connectivity index (χ1v) is 9.28. The van der Waals surface area contributed by atoms with Crippen molar-refractivity contribution >= 4 is 26.3 Å². The smallest absolute Gasteiger partial charge is 0.417 e. The molecule has 1 N–H and O–H groups in total. The maximum Gasteiger partial charge on any atom is 0.417 e. The zero-order chi connectivity index (χ0) is 21.7. The fourth-order valence-electron chi connectivity index (χ4n) is 2.74. The first-order chi connectivity index (χ1) is 14.2. The summed E-state index contributed by atoms with van der Waals surface area (Å²) in [6.45, 7) is 0. The number of carboxylic acid groups (broad SMARTS) is 1. The van der Waals surface area contributed by atoms with Gasteiger partial charge in [0.2, 0.25) is 0 Å². The third-order valence-corrected chi connectivity index (χ3v) is 4.36. The zero-order valence-corrected chi connectivity index (χ0v) is 16.6. The fraction of sp³-hybridized carbons (Fsp3) is 0.0435. The van der Waals surface area contributed by atoms with Crippen molar-refractivity contribution in [3.8, 4) is 23.0 Å². The number of aliphatic imine (C=N–C) groups is 1. The van der Waals surface area contributed by atoms with Crippen LogP contribution in [0.3, 0.4) is 0 Å². The summed E-state index contributed by atoms with van der Waals surface area (Å²) in [6, 6.07) is 18.2. The number of alkyl halides is 3. The summed E-state index contributed by atoms with van der Waals surface area (Å²) in [7, 11) is 2.29. The number of hydrogen-bond acceptors (Lipinski definition) is 2. The standard InChI is InChI=1S/C23H15F3NO2P/c24-23(25,26)20-13-15(9-11-19(20)16-5-2-1-3-6-16)10-12-21(30)27-18-8-4-7-17(14-18)22(28)29/h1-9,11,13-14H,30H2,(H,28,29). The van der Waals surface area contributed by atoms with Gasteiger partial charge in [-0.1, -0.05) is 57.6 Å². The molecule has 0 saturated heterocycles. The lowest BCUT2D eigenvalue weighted by Crippen LogP contribution is -2.07. The van der Waals surface area contributed by atoms with Gasteiger partial charge in [0.15, 0.2) is 0 Å². The predicted octanol–water partition coefficient (Wildman–Crippen LogP) is 6.03. The molecule has 3 aromatic carbocycles. The highest BCUT2D eigenvalue weighted by atomic mass is 31.0. The molecular weight excluding hydrogens is 410 g/mol. The third kappa shape index (κ3) is 5.34. The van der Waals surface area contributed by atoms with Crippen LogP contribution in [0.4, 0.5) is 18.9 Å². The molecular formula is C23H15F3NO2P. The van der Waals surface area contributed by atoms with Crippen molar-refractivity contribution in [2.24, 2.45) is 4.99 Å². The van der Waals surface area contributed by atoms with Crippen molar-refractivity contribution in [3.05, 3.63) is 89.5 Å². The minimum absolute atomic E-state index is 0.0772. The number of nitrogens with zero attached hydrogens (tertiary/aromatic N) is 1. The van der Waals surface area contributed by atoms with Gasteiger partial charge in [-0.3, -0.25) is 0 Å². The Kier molecular flexibility index (Phi) is 6.34. The molecule has 1 unspecified atom stereocenters. The number of aromatic carboxylic acids is 1. The monoisotopic (exact) mass is 425 g/mol. The van der Waals surface area contributed by atoms with Crippen LogP contribution in [0.25, 0.3) is 11.1 Å². The highest BCUT2D eigenvalue weighted by molar-refractivity contribution is 7.42. The van der Waals surface area contributed by atoms with E-state index >= 15 is 0 Å². The van der Waals surface area contributed by atoms with E-state index in [1.807, 2.05) is 0 Å². The quantitative estimate of drug-likeness (QED) is 0.317.